The van der Waals surface area contributed by atoms with Crippen molar-refractivity contribution in [1.82, 2.24) is 10.2 Å². The SMILES string of the molecule is CCCCCN1CC(C)(C)NCCC1C. The Kier molecular flexibility index (Phi) is 5.07. The van der Waals surface area contributed by atoms with Crippen LogP contribution in [-0.2, 0) is 0 Å². The lowest BCUT2D eigenvalue weighted by Gasteiger charge is -2.32. The van der Waals surface area contributed by atoms with Gasteiger partial charge in [-0.05, 0) is 46.7 Å². The highest BCUT2D eigenvalue weighted by Crippen LogP contribution is 2.16. The zero-order valence-electron chi connectivity index (χ0n) is 11.0. The zero-order chi connectivity index (χ0) is 11.3. The molecule has 1 heterocycles. The van der Waals surface area contributed by atoms with Crippen LogP contribution < -0.4 is 5.32 Å². The Bertz CT molecular complexity index is 177. The fourth-order valence-electron chi connectivity index (χ4n) is 2.39. The summed E-state index contributed by atoms with van der Waals surface area (Å²) in [4.78, 5) is 2.66. The molecule has 1 aliphatic rings. The van der Waals surface area contributed by atoms with Crippen LogP contribution in [0.5, 0.6) is 0 Å². The van der Waals surface area contributed by atoms with Gasteiger partial charge in [-0.2, -0.15) is 0 Å². The van der Waals surface area contributed by atoms with Gasteiger partial charge in [-0.3, -0.25) is 4.90 Å². The van der Waals surface area contributed by atoms with Gasteiger partial charge in [0, 0.05) is 18.1 Å². The van der Waals surface area contributed by atoms with Crippen molar-refractivity contribution >= 4 is 0 Å². The van der Waals surface area contributed by atoms with E-state index in [1.165, 1.54) is 45.3 Å². The van der Waals surface area contributed by atoms with E-state index in [1.54, 1.807) is 0 Å². The summed E-state index contributed by atoms with van der Waals surface area (Å²) in [6.07, 6.45) is 5.34. The topological polar surface area (TPSA) is 15.3 Å². The number of hydrogen-bond acceptors (Lipinski definition) is 2. The number of unbranched alkanes of at least 4 members (excludes halogenated alkanes) is 2. The molecular formula is C13H28N2. The first kappa shape index (κ1) is 13.0. The third-order valence-electron chi connectivity index (χ3n) is 3.44. The summed E-state index contributed by atoms with van der Waals surface area (Å²) in [7, 11) is 0. The van der Waals surface area contributed by atoms with Crippen LogP contribution in [0.15, 0.2) is 0 Å². The number of nitrogens with zero attached hydrogens (tertiary/aromatic N) is 1. The third-order valence-corrected chi connectivity index (χ3v) is 3.44. The molecular weight excluding hydrogens is 184 g/mol. The number of rotatable bonds is 4. The molecule has 1 N–H and O–H groups in total. The predicted molar refractivity (Wildman–Crippen MR) is 67.3 cm³/mol. The van der Waals surface area contributed by atoms with Crippen LogP contribution in [0.4, 0.5) is 0 Å². The molecule has 0 aromatic rings. The minimum absolute atomic E-state index is 0.289. The molecule has 1 atom stereocenters. The van der Waals surface area contributed by atoms with E-state index < -0.39 is 0 Å². The van der Waals surface area contributed by atoms with Crippen LogP contribution in [0.25, 0.3) is 0 Å². The highest BCUT2D eigenvalue weighted by atomic mass is 15.2. The highest BCUT2D eigenvalue weighted by Gasteiger charge is 2.27. The standard InChI is InChI=1S/C13H28N2/c1-5-6-7-10-15-11-13(3,4)14-9-8-12(15)2/h12,14H,5-11H2,1-4H3. The van der Waals surface area contributed by atoms with Crippen LogP contribution in [0.2, 0.25) is 0 Å². The van der Waals surface area contributed by atoms with Crippen molar-refractivity contribution in [3.05, 3.63) is 0 Å². The summed E-state index contributed by atoms with van der Waals surface area (Å²) in [6.45, 7) is 12.9. The van der Waals surface area contributed by atoms with E-state index in [1.807, 2.05) is 0 Å². The maximum Gasteiger partial charge on any atom is 0.0252 e. The molecule has 0 amide bonds. The molecule has 0 bridgehead atoms. The van der Waals surface area contributed by atoms with E-state index in [0.717, 1.165) is 6.04 Å². The van der Waals surface area contributed by atoms with E-state index in [4.69, 9.17) is 0 Å². The van der Waals surface area contributed by atoms with Gasteiger partial charge in [0.25, 0.3) is 0 Å². The first-order valence-electron chi connectivity index (χ1n) is 6.54. The van der Waals surface area contributed by atoms with Crippen LogP contribution in [0.1, 0.15) is 53.4 Å². The van der Waals surface area contributed by atoms with Crippen molar-refractivity contribution < 1.29 is 0 Å². The monoisotopic (exact) mass is 212 g/mol. The number of nitrogens with one attached hydrogen (secondary N) is 1. The average molecular weight is 212 g/mol. The molecule has 0 aromatic carbocycles. The van der Waals surface area contributed by atoms with Crippen molar-refractivity contribution in [2.45, 2.75) is 65.0 Å². The Morgan fingerprint density at radius 2 is 2.07 bits per heavy atom. The largest absolute Gasteiger partial charge is 0.310 e. The average Bonchev–Trinajstić information content (AvgIpc) is 2.27. The normalized spacial score (nSPS) is 27.6. The van der Waals surface area contributed by atoms with Gasteiger partial charge >= 0.3 is 0 Å². The molecule has 1 fully saturated rings. The Morgan fingerprint density at radius 3 is 2.73 bits per heavy atom. The minimum atomic E-state index is 0.289. The number of hydrogen-bond donors (Lipinski definition) is 1. The molecule has 2 heteroatoms. The molecule has 15 heavy (non-hydrogen) atoms. The molecule has 2 nitrogen and oxygen atoms in total. The predicted octanol–water partition coefficient (Wildman–Crippen LogP) is 2.64. The lowest BCUT2D eigenvalue weighted by atomic mass is 10.1. The molecule has 90 valence electrons. The van der Waals surface area contributed by atoms with Crippen molar-refractivity contribution in [2.24, 2.45) is 0 Å². The zero-order valence-corrected chi connectivity index (χ0v) is 11.0. The first-order chi connectivity index (χ1) is 7.05. The van der Waals surface area contributed by atoms with Gasteiger partial charge in [0.1, 0.15) is 0 Å². The van der Waals surface area contributed by atoms with Crippen LogP contribution in [-0.4, -0.2) is 36.1 Å². The highest BCUT2D eigenvalue weighted by molar-refractivity contribution is 4.87. The smallest absolute Gasteiger partial charge is 0.0252 e. The molecule has 1 rings (SSSR count). The van der Waals surface area contributed by atoms with Crippen molar-refractivity contribution in [1.29, 1.82) is 0 Å². The van der Waals surface area contributed by atoms with E-state index >= 15 is 0 Å². The van der Waals surface area contributed by atoms with Gasteiger partial charge in [-0.15, -0.1) is 0 Å². The Morgan fingerprint density at radius 1 is 1.33 bits per heavy atom. The van der Waals surface area contributed by atoms with Crippen molar-refractivity contribution in [3.63, 3.8) is 0 Å². The lowest BCUT2D eigenvalue weighted by molar-refractivity contribution is 0.178. The molecule has 1 unspecified atom stereocenters. The Labute approximate surface area is 95.4 Å². The second-order valence-electron chi connectivity index (χ2n) is 5.63. The molecule has 0 radical (unpaired) electrons. The summed E-state index contributed by atoms with van der Waals surface area (Å²) in [5, 5.41) is 3.63. The van der Waals surface area contributed by atoms with E-state index in [2.05, 4.69) is 37.9 Å². The summed E-state index contributed by atoms with van der Waals surface area (Å²) in [5.74, 6) is 0. The van der Waals surface area contributed by atoms with Crippen LogP contribution >= 0.6 is 0 Å². The van der Waals surface area contributed by atoms with Crippen LogP contribution in [0, 0.1) is 0 Å². The van der Waals surface area contributed by atoms with E-state index in [-0.39, 0.29) is 5.54 Å². The molecule has 0 spiro atoms. The molecule has 1 saturated heterocycles. The lowest BCUT2D eigenvalue weighted by Crippen LogP contribution is -2.47. The maximum absolute atomic E-state index is 3.63. The van der Waals surface area contributed by atoms with Gasteiger partial charge in [-0.25, -0.2) is 0 Å². The second kappa shape index (κ2) is 5.86. The molecule has 0 aliphatic carbocycles. The third kappa shape index (κ3) is 4.52. The minimum Gasteiger partial charge on any atom is -0.310 e. The summed E-state index contributed by atoms with van der Waals surface area (Å²) in [5.41, 5.74) is 0.289. The molecule has 0 saturated carbocycles. The summed E-state index contributed by atoms with van der Waals surface area (Å²) >= 11 is 0. The molecule has 0 aromatic heterocycles. The van der Waals surface area contributed by atoms with Crippen LogP contribution in [0.3, 0.4) is 0 Å². The molecule has 1 aliphatic heterocycles. The van der Waals surface area contributed by atoms with Crippen molar-refractivity contribution in [3.8, 4) is 0 Å². The van der Waals surface area contributed by atoms with E-state index in [0.29, 0.717) is 0 Å². The van der Waals surface area contributed by atoms with Gasteiger partial charge in [-0.1, -0.05) is 19.8 Å². The fraction of sp³-hybridized carbons (Fsp3) is 1.00. The van der Waals surface area contributed by atoms with E-state index in [9.17, 15) is 0 Å². The Hall–Kier alpha value is -0.0800. The second-order valence-corrected chi connectivity index (χ2v) is 5.63. The van der Waals surface area contributed by atoms with Gasteiger partial charge in [0.15, 0.2) is 0 Å². The summed E-state index contributed by atoms with van der Waals surface area (Å²) < 4.78 is 0. The summed E-state index contributed by atoms with van der Waals surface area (Å²) in [6, 6.07) is 0.746. The quantitative estimate of drug-likeness (QED) is 0.721. The van der Waals surface area contributed by atoms with Gasteiger partial charge in [0.2, 0.25) is 0 Å². The Balaban J connectivity index is 2.43. The first-order valence-corrected chi connectivity index (χ1v) is 6.54. The fourth-order valence-corrected chi connectivity index (χ4v) is 2.39. The van der Waals surface area contributed by atoms with Gasteiger partial charge in [0.05, 0.1) is 0 Å². The maximum atomic E-state index is 3.63. The van der Waals surface area contributed by atoms with Crippen molar-refractivity contribution in [2.75, 3.05) is 19.6 Å². The van der Waals surface area contributed by atoms with Gasteiger partial charge < -0.3 is 5.32 Å².